The van der Waals surface area contributed by atoms with Crippen LogP contribution >= 0.6 is 0 Å². The first-order valence-corrected chi connectivity index (χ1v) is 6.96. The number of nitrogens with zero attached hydrogens (tertiary/aromatic N) is 3. The molecule has 0 spiro atoms. The number of likely N-dealkylation sites (N-methyl/N-ethyl adjacent to an activating group) is 1. The average molecular weight is 275 g/mol. The van der Waals surface area contributed by atoms with Crippen molar-refractivity contribution in [3.63, 3.8) is 0 Å². The first kappa shape index (κ1) is 14.5. The average Bonchev–Trinajstić information content (AvgIpc) is 2.45. The first-order valence-electron chi connectivity index (χ1n) is 6.96. The number of rotatable bonds is 4. The van der Waals surface area contributed by atoms with Crippen molar-refractivity contribution in [2.75, 3.05) is 31.1 Å². The number of hydrogen-bond acceptors (Lipinski definition) is 4. The Kier molecular flexibility index (Phi) is 4.74. The molecular weight excluding hydrogens is 254 g/mol. The number of hydrogen-bond donors (Lipinski definition) is 1. The van der Waals surface area contributed by atoms with Crippen LogP contribution in [-0.2, 0) is 4.79 Å². The zero-order valence-electron chi connectivity index (χ0n) is 12.0. The van der Waals surface area contributed by atoms with Gasteiger partial charge in [0.2, 0.25) is 0 Å². The van der Waals surface area contributed by atoms with Gasteiger partial charge in [-0.15, -0.1) is 0 Å². The quantitative estimate of drug-likeness (QED) is 0.848. The highest BCUT2D eigenvalue weighted by Crippen LogP contribution is 2.17. The summed E-state index contributed by atoms with van der Waals surface area (Å²) < 4.78 is 0. The van der Waals surface area contributed by atoms with E-state index in [0.717, 1.165) is 43.6 Å². The van der Waals surface area contributed by atoms with Crippen molar-refractivity contribution in [3.8, 4) is 0 Å². The second-order valence-corrected chi connectivity index (χ2v) is 5.04. The number of aliphatic carboxylic acids is 1. The molecule has 5 heteroatoms. The summed E-state index contributed by atoms with van der Waals surface area (Å²) in [5.41, 5.74) is 0.802. The summed E-state index contributed by atoms with van der Waals surface area (Å²) in [7, 11) is 0. The lowest BCUT2D eigenvalue weighted by molar-refractivity contribution is -0.131. The molecule has 1 atom stereocenters. The third-order valence-electron chi connectivity index (χ3n) is 3.68. The van der Waals surface area contributed by atoms with Crippen LogP contribution in [0.3, 0.4) is 0 Å². The van der Waals surface area contributed by atoms with Crippen LogP contribution in [0.1, 0.15) is 19.4 Å². The van der Waals surface area contributed by atoms with Crippen LogP contribution in [-0.4, -0.2) is 53.2 Å². The van der Waals surface area contributed by atoms with Gasteiger partial charge in [-0.05, 0) is 37.2 Å². The van der Waals surface area contributed by atoms with Crippen LogP contribution in [0.15, 0.2) is 24.4 Å². The van der Waals surface area contributed by atoms with Gasteiger partial charge in [0.15, 0.2) is 0 Å². The number of anilines is 1. The van der Waals surface area contributed by atoms with Gasteiger partial charge in [-0.25, -0.2) is 9.78 Å². The van der Waals surface area contributed by atoms with Gasteiger partial charge in [-0.2, -0.15) is 0 Å². The summed E-state index contributed by atoms with van der Waals surface area (Å²) in [5, 5.41) is 8.59. The summed E-state index contributed by atoms with van der Waals surface area (Å²) in [6.45, 7) is 8.52. The van der Waals surface area contributed by atoms with Gasteiger partial charge in [0.25, 0.3) is 0 Å². The van der Waals surface area contributed by atoms with Crippen molar-refractivity contribution < 1.29 is 9.90 Å². The lowest BCUT2D eigenvalue weighted by atomic mass is 10.2. The molecule has 0 aliphatic carbocycles. The summed E-state index contributed by atoms with van der Waals surface area (Å²) in [4.78, 5) is 19.6. The molecule has 2 heterocycles. The molecule has 1 fully saturated rings. The molecule has 2 rings (SSSR count). The highest BCUT2D eigenvalue weighted by Gasteiger charge is 2.22. The second-order valence-electron chi connectivity index (χ2n) is 5.04. The Morgan fingerprint density at radius 2 is 2.30 bits per heavy atom. The minimum atomic E-state index is -0.946. The van der Waals surface area contributed by atoms with Crippen LogP contribution < -0.4 is 4.90 Å². The van der Waals surface area contributed by atoms with Crippen molar-refractivity contribution in [2.45, 2.75) is 19.9 Å². The molecule has 0 radical (unpaired) electrons. The number of piperazine rings is 1. The SMILES string of the molecule is CCN1CCN(c2ccc(/C=C/C(=O)O)cn2)CC1C. The molecular formula is C15H21N3O2. The minimum absolute atomic E-state index is 0.530. The van der Waals surface area contributed by atoms with E-state index in [1.54, 1.807) is 12.3 Å². The summed E-state index contributed by atoms with van der Waals surface area (Å²) in [5.74, 6) is 0.0127. The van der Waals surface area contributed by atoms with E-state index in [2.05, 4.69) is 28.6 Å². The predicted octanol–water partition coefficient (Wildman–Crippen LogP) is 1.71. The van der Waals surface area contributed by atoms with Crippen LogP contribution in [0.4, 0.5) is 5.82 Å². The normalized spacial score (nSPS) is 20.5. The van der Waals surface area contributed by atoms with Gasteiger partial charge in [-0.3, -0.25) is 4.90 Å². The Morgan fingerprint density at radius 3 is 2.85 bits per heavy atom. The molecule has 0 saturated carbocycles. The van der Waals surface area contributed by atoms with Gasteiger partial charge >= 0.3 is 5.97 Å². The molecule has 0 aromatic carbocycles. The van der Waals surface area contributed by atoms with Crippen LogP contribution in [0.25, 0.3) is 6.08 Å². The zero-order chi connectivity index (χ0) is 14.5. The van der Waals surface area contributed by atoms with Gasteiger partial charge in [0.1, 0.15) is 5.82 Å². The molecule has 1 aromatic heterocycles. The maximum atomic E-state index is 10.5. The molecule has 108 valence electrons. The van der Waals surface area contributed by atoms with E-state index < -0.39 is 5.97 Å². The van der Waals surface area contributed by atoms with Crippen molar-refractivity contribution in [3.05, 3.63) is 30.0 Å². The molecule has 1 aliphatic heterocycles. The Bertz CT molecular complexity index is 484. The van der Waals surface area contributed by atoms with E-state index in [-0.39, 0.29) is 0 Å². The van der Waals surface area contributed by atoms with Gasteiger partial charge in [0, 0.05) is 37.9 Å². The van der Waals surface area contributed by atoms with Gasteiger partial charge in [0.05, 0.1) is 0 Å². The Labute approximate surface area is 119 Å². The fourth-order valence-electron chi connectivity index (χ4n) is 2.52. The smallest absolute Gasteiger partial charge is 0.328 e. The lowest BCUT2D eigenvalue weighted by Gasteiger charge is -2.39. The van der Waals surface area contributed by atoms with Gasteiger partial charge < -0.3 is 10.0 Å². The van der Waals surface area contributed by atoms with E-state index in [1.165, 1.54) is 0 Å². The number of carboxylic acids is 1. The van der Waals surface area contributed by atoms with E-state index in [0.29, 0.717) is 6.04 Å². The van der Waals surface area contributed by atoms with Crippen molar-refractivity contribution in [2.24, 2.45) is 0 Å². The van der Waals surface area contributed by atoms with Crippen LogP contribution in [0, 0.1) is 0 Å². The molecule has 20 heavy (non-hydrogen) atoms. The van der Waals surface area contributed by atoms with Crippen LogP contribution in [0.5, 0.6) is 0 Å². The highest BCUT2D eigenvalue weighted by molar-refractivity contribution is 5.85. The topological polar surface area (TPSA) is 56.7 Å². The first-order chi connectivity index (χ1) is 9.60. The van der Waals surface area contributed by atoms with E-state index >= 15 is 0 Å². The van der Waals surface area contributed by atoms with Crippen molar-refractivity contribution in [1.82, 2.24) is 9.88 Å². The maximum Gasteiger partial charge on any atom is 0.328 e. The number of pyridine rings is 1. The molecule has 5 nitrogen and oxygen atoms in total. The maximum absolute atomic E-state index is 10.5. The summed E-state index contributed by atoms with van der Waals surface area (Å²) in [6, 6.07) is 4.39. The summed E-state index contributed by atoms with van der Waals surface area (Å²) >= 11 is 0. The Hall–Kier alpha value is -1.88. The van der Waals surface area contributed by atoms with E-state index in [9.17, 15) is 4.79 Å². The third-order valence-corrected chi connectivity index (χ3v) is 3.68. The van der Waals surface area contributed by atoms with Crippen molar-refractivity contribution in [1.29, 1.82) is 0 Å². The highest BCUT2D eigenvalue weighted by atomic mass is 16.4. The number of carbonyl (C=O) groups is 1. The number of aromatic nitrogens is 1. The second kappa shape index (κ2) is 6.52. The number of carboxylic acid groups (broad SMARTS) is 1. The third kappa shape index (κ3) is 3.57. The summed E-state index contributed by atoms with van der Waals surface area (Å²) in [6.07, 6.45) is 4.39. The fourth-order valence-corrected chi connectivity index (χ4v) is 2.52. The molecule has 1 unspecified atom stereocenters. The minimum Gasteiger partial charge on any atom is -0.478 e. The molecule has 0 amide bonds. The standard InChI is InChI=1S/C15H21N3O2/c1-3-17-8-9-18(11-12(17)2)14-6-4-13(10-16-14)5-7-15(19)20/h4-7,10,12H,3,8-9,11H2,1-2H3,(H,19,20)/b7-5+. The molecule has 1 aromatic rings. The van der Waals surface area contributed by atoms with E-state index in [1.807, 2.05) is 12.1 Å². The molecule has 1 N–H and O–H groups in total. The van der Waals surface area contributed by atoms with E-state index in [4.69, 9.17) is 5.11 Å². The molecule has 0 bridgehead atoms. The molecule has 1 saturated heterocycles. The van der Waals surface area contributed by atoms with Gasteiger partial charge in [-0.1, -0.05) is 6.92 Å². The Morgan fingerprint density at radius 1 is 1.50 bits per heavy atom. The fraction of sp³-hybridized carbons (Fsp3) is 0.467. The largest absolute Gasteiger partial charge is 0.478 e. The van der Waals surface area contributed by atoms with Crippen LogP contribution in [0.2, 0.25) is 0 Å². The lowest BCUT2D eigenvalue weighted by Crippen LogP contribution is -2.51. The molecule has 1 aliphatic rings. The zero-order valence-corrected chi connectivity index (χ0v) is 12.0. The predicted molar refractivity (Wildman–Crippen MR) is 79.8 cm³/mol. The van der Waals surface area contributed by atoms with Crippen molar-refractivity contribution >= 4 is 17.9 Å². The monoisotopic (exact) mass is 275 g/mol. The Balaban J connectivity index is 2.02.